The molecule has 2 rings (SSSR count). The number of rotatable bonds is 1. The van der Waals surface area contributed by atoms with Crippen LogP contribution in [-0.2, 0) is 14.9 Å². The lowest BCUT2D eigenvalue weighted by Crippen LogP contribution is -2.20. The van der Waals surface area contributed by atoms with Crippen LogP contribution in [0.1, 0.15) is 50.8 Å². The summed E-state index contributed by atoms with van der Waals surface area (Å²) in [4.78, 5) is 11.4. The van der Waals surface area contributed by atoms with Crippen LogP contribution in [-0.4, -0.2) is 12.4 Å². The van der Waals surface area contributed by atoms with Crippen molar-refractivity contribution in [2.24, 2.45) is 0 Å². The minimum absolute atomic E-state index is 0.0430. The predicted octanol–water partition coefficient (Wildman–Crippen LogP) is 3.40. The van der Waals surface area contributed by atoms with Crippen molar-refractivity contribution in [2.75, 3.05) is 6.61 Å². The van der Waals surface area contributed by atoms with E-state index in [1.165, 1.54) is 5.56 Å². The summed E-state index contributed by atoms with van der Waals surface area (Å²) >= 11 is 0. The van der Waals surface area contributed by atoms with Crippen LogP contribution in [0.5, 0.6) is 0 Å². The largest absolute Gasteiger partial charge is 0.373 e. The lowest BCUT2D eigenvalue weighted by atomic mass is 9.85. The Balaban J connectivity index is 2.24. The number of hydrogen-bond donors (Lipinski definition) is 0. The first-order chi connectivity index (χ1) is 7.97. The van der Waals surface area contributed by atoms with Crippen molar-refractivity contribution in [1.29, 1.82) is 0 Å². The van der Waals surface area contributed by atoms with Gasteiger partial charge in [-0.15, -0.1) is 0 Å². The van der Waals surface area contributed by atoms with Gasteiger partial charge < -0.3 is 4.74 Å². The zero-order valence-electron chi connectivity index (χ0n) is 10.8. The monoisotopic (exact) mass is 232 g/mol. The van der Waals surface area contributed by atoms with Gasteiger partial charge in [-0.3, -0.25) is 4.79 Å². The fourth-order valence-corrected chi connectivity index (χ4v) is 2.10. The van der Waals surface area contributed by atoms with Gasteiger partial charge in [0, 0.05) is 12.8 Å². The van der Waals surface area contributed by atoms with Crippen LogP contribution in [0.15, 0.2) is 24.3 Å². The van der Waals surface area contributed by atoms with Crippen molar-refractivity contribution in [3.8, 4) is 0 Å². The summed E-state index contributed by atoms with van der Waals surface area (Å²) < 4.78 is 5.68. The van der Waals surface area contributed by atoms with Crippen LogP contribution in [0.3, 0.4) is 0 Å². The molecule has 1 aliphatic heterocycles. The maximum absolute atomic E-state index is 11.4. The van der Waals surface area contributed by atoms with Crippen LogP contribution in [0.25, 0.3) is 0 Å². The molecule has 2 nitrogen and oxygen atoms in total. The summed E-state index contributed by atoms with van der Waals surface area (Å²) in [7, 11) is 0. The Hall–Kier alpha value is -1.15. The Morgan fingerprint density at radius 3 is 2.71 bits per heavy atom. The predicted molar refractivity (Wildman–Crippen MR) is 68.1 cm³/mol. The number of ether oxygens (including phenoxy) is 1. The molecule has 1 atom stereocenters. The third-order valence-corrected chi connectivity index (χ3v) is 3.24. The number of benzene rings is 1. The SMILES string of the molecule is CC(C)(C)c1cccc(C2CC(=O)CCO2)c1. The normalized spacial score (nSPS) is 21.6. The number of Topliss-reactive ketones (excluding diaryl/α,β-unsaturated/α-hetero) is 1. The van der Waals surface area contributed by atoms with Crippen molar-refractivity contribution < 1.29 is 9.53 Å². The summed E-state index contributed by atoms with van der Waals surface area (Å²) in [6, 6.07) is 8.41. The van der Waals surface area contributed by atoms with Crippen molar-refractivity contribution in [3.05, 3.63) is 35.4 Å². The first-order valence-corrected chi connectivity index (χ1v) is 6.20. The van der Waals surface area contributed by atoms with Gasteiger partial charge in [0.25, 0.3) is 0 Å². The maximum Gasteiger partial charge on any atom is 0.138 e. The van der Waals surface area contributed by atoms with Gasteiger partial charge in [0.1, 0.15) is 5.78 Å². The van der Waals surface area contributed by atoms with Crippen LogP contribution < -0.4 is 0 Å². The van der Waals surface area contributed by atoms with Crippen molar-refractivity contribution in [1.82, 2.24) is 0 Å². The number of carbonyl (C=O) groups excluding carboxylic acids is 1. The van der Waals surface area contributed by atoms with Crippen LogP contribution in [0, 0.1) is 0 Å². The van der Waals surface area contributed by atoms with Crippen LogP contribution in [0.2, 0.25) is 0 Å². The van der Waals surface area contributed by atoms with E-state index in [0.717, 1.165) is 5.56 Å². The fraction of sp³-hybridized carbons (Fsp3) is 0.533. The van der Waals surface area contributed by atoms with Gasteiger partial charge in [-0.1, -0.05) is 45.0 Å². The lowest BCUT2D eigenvalue weighted by molar-refractivity contribution is -0.128. The molecule has 1 aromatic carbocycles. The summed E-state index contributed by atoms with van der Waals surface area (Å²) in [6.45, 7) is 7.14. The quantitative estimate of drug-likeness (QED) is 0.741. The first-order valence-electron chi connectivity index (χ1n) is 6.20. The second kappa shape index (κ2) is 4.61. The molecule has 17 heavy (non-hydrogen) atoms. The molecule has 0 spiro atoms. The molecule has 0 bridgehead atoms. The molecule has 1 aromatic rings. The summed E-state index contributed by atoms with van der Waals surface area (Å²) in [6.07, 6.45) is 1.04. The highest BCUT2D eigenvalue weighted by atomic mass is 16.5. The Labute approximate surface area is 103 Å². The maximum atomic E-state index is 11.4. The minimum atomic E-state index is -0.0430. The van der Waals surface area contributed by atoms with Crippen molar-refractivity contribution in [2.45, 2.75) is 45.1 Å². The Kier molecular flexibility index (Phi) is 3.34. The van der Waals surface area contributed by atoms with E-state index in [4.69, 9.17) is 4.74 Å². The van der Waals surface area contributed by atoms with E-state index in [1.54, 1.807) is 0 Å². The molecular weight excluding hydrogens is 212 g/mol. The average molecular weight is 232 g/mol. The third-order valence-electron chi connectivity index (χ3n) is 3.24. The van der Waals surface area contributed by atoms with Gasteiger partial charge in [0.2, 0.25) is 0 Å². The highest BCUT2D eigenvalue weighted by Crippen LogP contribution is 2.30. The third kappa shape index (κ3) is 2.95. The molecule has 1 aliphatic rings. The highest BCUT2D eigenvalue weighted by molar-refractivity contribution is 5.79. The Morgan fingerprint density at radius 2 is 2.06 bits per heavy atom. The molecule has 0 aliphatic carbocycles. The van der Waals surface area contributed by atoms with Gasteiger partial charge >= 0.3 is 0 Å². The molecule has 1 unspecified atom stereocenters. The topological polar surface area (TPSA) is 26.3 Å². The molecule has 0 amide bonds. The number of ketones is 1. The van der Waals surface area contributed by atoms with E-state index in [0.29, 0.717) is 25.2 Å². The molecular formula is C15H20O2. The standard InChI is InChI=1S/C15H20O2/c1-15(2,3)12-6-4-5-11(9-12)14-10-13(16)7-8-17-14/h4-6,9,14H,7-8,10H2,1-3H3. The van der Waals surface area contributed by atoms with E-state index in [1.807, 2.05) is 0 Å². The smallest absolute Gasteiger partial charge is 0.138 e. The molecule has 1 saturated heterocycles. The van der Waals surface area contributed by atoms with Gasteiger partial charge in [-0.05, 0) is 16.5 Å². The molecule has 92 valence electrons. The Bertz CT molecular complexity index is 415. The van der Waals surface area contributed by atoms with E-state index >= 15 is 0 Å². The van der Waals surface area contributed by atoms with E-state index < -0.39 is 0 Å². The molecule has 0 radical (unpaired) electrons. The zero-order chi connectivity index (χ0) is 12.5. The second-order valence-electron chi connectivity index (χ2n) is 5.73. The van der Waals surface area contributed by atoms with Crippen molar-refractivity contribution >= 4 is 5.78 Å². The van der Waals surface area contributed by atoms with Gasteiger partial charge in [-0.25, -0.2) is 0 Å². The first kappa shape index (κ1) is 12.3. The van der Waals surface area contributed by atoms with Gasteiger partial charge in [0.05, 0.1) is 12.7 Å². The summed E-state index contributed by atoms with van der Waals surface area (Å²) in [5.74, 6) is 0.308. The zero-order valence-corrected chi connectivity index (χ0v) is 10.8. The molecule has 0 saturated carbocycles. The van der Waals surface area contributed by atoms with Gasteiger partial charge in [0.15, 0.2) is 0 Å². The molecule has 1 heterocycles. The minimum Gasteiger partial charge on any atom is -0.373 e. The molecule has 2 heteroatoms. The second-order valence-corrected chi connectivity index (χ2v) is 5.73. The fourth-order valence-electron chi connectivity index (χ4n) is 2.10. The summed E-state index contributed by atoms with van der Waals surface area (Å²) in [5, 5.41) is 0. The molecule has 1 fully saturated rings. The van der Waals surface area contributed by atoms with Crippen LogP contribution >= 0.6 is 0 Å². The van der Waals surface area contributed by atoms with Gasteiger partial charge in [-0.2, -0.15) is 0 Å². The Morgan fingerprint density at radius 1 is 1.29 bits per heavy atom. The van der Waals surface area contributed by atoms with Crippen molar-refractivity contribution in [3.63, 3.8) is 0 Å². The van der Waals surface area contributed by atoms with Crippen LogP contribution in [0.4, 0.5) is 0 Å². The highest BCUT2D eigenvalue weighted by Gasteiger charge is 2.23. The van der Waals surface area contributed by atoms with E-state index in [9.17, 15) is 4.79 Å². The average Bonchev–Trinajstić information content (AvgIpc) is 2.28. The molecule has 0 N–H and O–H groups in total. The number of hydrogen-bond acceptors (Lipinski definition) is 2. The number of carbonyl (C=O) groups is 1. The molecule has 0 aromatic heterocycles. The summed E-state index contributed by atoms with van der Waals surface area (Å²) in [5.41, 5.74) is 2.55. The van der Waals surface area contributed by atoms with E-state index in [2.05, 4.69) is 45.0 Å². The van der Waals surface area contributed by atoms with E-state index in [-0.39, 0.29) is 11.5 Å². The lowest BCUT2D eigenvalue weighted by Gasteiger charge is -2.25.